The molecule has 0 amide bonds. The van der Waals surface area contributed by atoms with Crippen molar-refractivity contribution in [2.45, 2.75) is 70.3 Å². The monoisotopic (exact) mass is 615 g/mol. The van der Waals surface area contributed by atoms with Crippen molar-refractivity contribution in [2.75, 3.05) is 6.61 Å². The number of aromatic nitrogens is 1. The first-order chi connectivity index (χ1) is 22.4. The highest BCUT2D eigenvalue weighted by molar-refractivity contribution is 5.78. The molecule has 1 heterocycles. The molecular formula is C40H41NO5. The Morgan fingerprint density at radius 3 is 2.24 bits per heavy atom. The molecule has 4 aromatic carbocycles. The van der Waals surface area contributed by atoms with Crippen molar-refractivity contribution in [1.29, 1.82) is 0 Å². The van der Waals surface area contributed by atoms with E-state index in [1.165, 1.54) is 37.7 Å². The lowest BCUT2D eigenvalue weighted by Crippen LogP contribution is -2.43. The number of carboxylic acids is 1. The van der Waals surface area contributed by atoms with Crippen LogP contribution in [0.4, 0.5) is 0 Å². The van der Waals surface area contributed by atoms with Gasteiger partial charge in [-0.15, -0.1) is 0 Å². The Balaban J connectivity index is 1.04. The summed E-state index contributed by atoms with van der Waals surface area (Å²) in [7, 11) is 0. The normalized spacial score (nSPS) is 14.8. The molecule has 1 fully saturated rings. The Morgan fingerprint density at radius 1 is 0.848 bits per heavy atom. The number of hydrogen-bond acceptors (Lipinski definition) is 5. The zero-order valence-corrected chi connectivity index (χ0v) is 26.6. The van der Waals surface area contributed by atoms with E-state index in [1.807, 2.05) is 73.7 Å². The fourth-order valence-electron chi connectivity index (χ4n) is 6.26. The van der Waals surface area contributed by atoms with Gasteiger partial charge in [-0.05, 0) is 91.3 Å². The summed E-state index contributed by atoms with van der Waals surface area (Å²) >= 11 is 0. The summed E-state index contributed by atoms with van der Waals surface area (Å²) in [5, 5.41) is 10.1. The van der Waals surface area contributed by atoms with E-state index in [1.54, 1.807) is 6.92 Å². The van der Waals surface area contributed by atoms with E-state index in [4.69, 9.17) is 18.9 Å². The highest BCUT2D eigenvalue weighted by Crippen LogP contribution is 2.34. The van der Waals surface area contributed by atoms with E-state index >= 15 is 0 Å². The zero-order chi connectivity index (χ0) is 31.9. The molecule has 1 N–H and O–H groups in total. The second kappa shape index (κ2) is 14.1. The maximum atomic E-state index is 12.3. The summed E-state index contributed by atoms with van der Waals surface area (Å²) in [5.74, 6) is 2.24. The molecule has 1 aromatic heterocycles. The van der Waals surface area contributed by atoms with Gasteiger partial charge < -0.3 is 19.0 Å². The van der Waals surface area contributed by atoms with Gasteiger partial charge >= 0.3 is 5.97 Å². The standard InChI is InChI=1S/C40H41NO5/c1-28-37(41-38(45-28)34-15-9-14-33(26-34)31-12-7-4-8-13-31)24-25-44-35-20-16-29(17-21-35)27-40(2,39(42)43)46-36-22-18-32(19-23-36)30-10-5-3-6-11-30/h4,7-9,12-23,26,30H,3,5-6,10-11,24-25,27H2,1-2H3,(H,42,43). The van der Waals surface area contributed by atoms with Crippen LogP contribution in [0.2, 0.25) is 0 Å². The number of oxazole rings is 1. The third-order valence-electron chi connectivity index (χ3n) is 8.93. The van der Waals surface area contributed by atoms with Gasteiger partial charge in [0.15, 0.2) is 0 Å². The van der Waals surface area contributed by atoms with Crippen molar-refractivity contribution in [3.05, 3.63) is 126 Å². The molecule has 0 radical (unpaired) electrons. The zero-order valence-electron chi connectivity index (χ0n) is 26.6. The lowest BCUT2D eigenvalue weighted by molar-refractivity contribution is -0.153. The van der Waals surface area contributed by atoms with Crippen molar-refractivity contribution in [3.8, 4) is 34.1 Å². The lowest BCUT2D eigenvalue weighted by atomic mass is 9.84. The SMILES string of the molecule is Cc1oc(-c2cccc(-c3ccccc3)c2)nc1CCOc1ccc(CC(C)(Oc2ccc(C3CCCCC3)cc2)C(=O)O)cc1. The summed E-state index contributed by atoms with van der Waals surface area (Å²) in [6.45, 7) is 3.98. The third kappa shape index (κ3) is 7.51. The van der Waals surface area contributed by atoms with E-state index in [-0.39, 0.29) is 6.42 Å². The highest BCUT2D eigenvalue weighted by atomic mass is 16.5. The van der Waals surface area contributed by atoms with Gasteiger partial charge in [-0.1, -0.05) is 86.0 Å². The molecule has 46 heavy (non-hydrogen) atoms. The Kier molecular flexibility index (Phi) is 9.53. The van der Waals surface area contributed by atoms with Gasteiger partial charge in [0, 0.05) is 18.4 Å². The molecule has 0 saturated heterocycles. The lowest BCUT2D eigenvalue weighted by Gasteiger charge is -2.27. The number of hydrogen-bond donors (Lipinski definition) is 1. The van der Waals surface area contributed by atoms with Crippen LogP contribution in [0.15, 0.2) is 108 Å². The highest BCUT2D eigenvalue weighted by Gasteiger charge is 2.36. The van der Waals surface area contributed by atoms with Gasteiger partial charge in [0.2, 0.25) is 11.5 Å². The molecule has 5 aromatic rings. The largest absolute Gasteiger partial charge is 0.493 e. The van der Waals surface area contributed by atoms with Gasteiger partial charge in [-0.3, -0.25) is 0 Å². The van der Waals surface area contributed by atoms with Crippen LogP contribution in [-0.4, -0.2) is 28.3 Å². The second-order valence-electron chi connectivity index (χ2n) is 12.4. The van der Waals surface area contributed by atoms with Crippen molar-refractivity contribution in [3.63, 3.8) is 0 Å². The topological polar surface area (TPSA) is 81.8 Å². The maximum absolute atomic E-state index is 12.3. The van der Waals surface area contributed by atoms with Crippen LogP contribution in [0.5, 0.6) is 11.5 Å². The summed E-state index contributed by atoms with van der Waals surface area (Å²) < 4.78 is 18.1. The minimum atomic E-state index is -1.41. The molecule has 1 aliphatic carbocycles. The fourth-order valence-corrected chi connectivity index (χ4v) is 6.26. The van der Waals surface area contributed by atoms with Crippen molar-refractivity contribution in [2.24, 2.45) is 0 Å². The molecule has 1 unspecified atom stereocenters. The predicted molar refractivity (Wildman–Crippen MR) is 180 cm³/mol. The Hall–Kier alpha value is -4.84. The number of aryl methyl sites for hydroxylation is 1. The number of rotatable bonds is 12. The first kappa shape index (κ1) is 31.2. The first-order valence-corrected chi connectivity index (χ1v) is 16.2. The summed E-state index contributed by atoms with van der Waals surface area (Å²) in [6.07, 6.45) is 7.13. The van der Waals surface area contributed by atoms with E-state index in [0.29, 0.717) is 36.3 Å². The number of ether oxygens (including phenoxy) is 2. The predicted octanol–water partition coefficient (Wildman–Crippen LogP) is 9.45. The molecule has 0 aliphatic heterocycles. The molecule has 1 saturated carbocycles. The molecule has 6 heteroatoms. The molecule has 0 bridgehead atoms. The number of carboxylic acid groups (broad SMARTS) is 1. The van der Waals surface area contributed by atoms with E-state index in [0.717, 1.165) is 33.7 Å². The summed E-state index contributed by atoms with van der Waals surface area (Å²) in [4.78, 5) is 17.1. The van der Waals surface area contributed by atoms with Crippen LogP contribution in [0.25, 0.3) is 22.6 Å². The second-order valence-corrected chi connectivity index (χ2v) is 12.4. The van der Waals surface area contributed by atoms with Crippen LogP contribution < -0.4 is 9.47 Å². The van der Waals surface area contributed by atoms with Crippen molar-refractivity contribution < 1.29 is 23.8 Å². The molecule has 6 rings (SSSR count). The number of aliphatic carboxylic acids is 1. The number of benzene rings is 4. The molecule has 1 atom stereocenters. The van der Waals surface area contributed by atoms with Gasteiger partial charge in [-0.25, -0.2) is 9.78 Å². The van der Waals surface area contributed by atoms with E-state index < -0.39 is 11.6 Å². The van der Waals surface area contributed by atoms with Gasteiger partial charge in [0.05, 0.1) is 12.3 Å². The van der Waals surface area contributed by atoms with Crippen LogP contribution in [0.3, 0.4) is 0 Å². The quantitative estimate of drug-likeness (QED) is 0.151. The van der Waals surface area contributed by atoms with Crippen molar-refractivity contribution >= 4 is 5.97 Å². The molecule has 1 aliphatic rings. The number of nitrogens with zero attached hydrogens (tertiary/aromatic N) is 1. The average molecular weight is 616 g/mol. The first-order valence-electron chi connectivity index (χ1n) is 16.2. The molecule has 0 spiro atoms. The number of carbonyl (C=O) groups is 1. The average Bonchev–Trinajstić information content (AvgIpc) is 3.46. The van der Waals surface area contributed by atoms with Crippen molar-refractivity contribution in [1.82, 2.24) is 4.98 Å². The van der Waals surface area contributed by atoms with E-state index in [2.05, 4.69) is 36.4 Å². The Labute approximate surface area is 271 Å². The summed E-state index contributed by atoms with van der Waals surface area (Å²) in [6, 6.07) is 34.0. The van der Waals surface area contributed by atoms with E-state index in [9.17, 15) is 9.90 Å². The maximum Gasteiger partial charge on any atom is 0.348 e. The van der Waals surface area contributed by atoms with Crippen LogP contribution in [-0.2, 0) is 17.6 Å². The van der Waals surface area contributed by atoms with Gasteiger partial charge in [0.1, 0.15) is 17.3 Å². The molecule has 6 nitrogen and oxygen atoms in total. The smallest absolute Gasteiger partial charge is 0.348 e. The Bertz CT molecular complexity index is 1740. The molecular weight excluding hydrogens is 574 g/mol. The Morgan fingerprint density at radius 2 is 1.52 bits per heavy atom. The third-order valence-corrected chi connectivity index (χ3v) is 8.93. The summed E-state index contributed by atoms with van der Waals surface area (Å²) in [5.41, 5.74) is 4.81. The van der Waals surface area contributed by atoms with Gasteiger partial charge in [0.25, 0.3) is 0 Å². The van der Waals surface area contributed by atoms with Crippen LogP contribution in [0.1, 0.15) is 67.5 Å². The van der Waals surface area contributed by atoms with Crippen LogP contribution in [0, 0.1) is 6.92 Å². The minimum Gasteiger partial charge on any atom is -0.493 e. The van der Waals surface area contributed by atoms with Gasteiger partial charge in [-0.2, -0.15) is 0 Å². The van der Waals surface area contributed by atoms with Crippen LogP contribution >= 0.6 is 0 Å². The molecule has 236 valence electrons. The minimum absolute atomic E-state index is 0.222. The fraction of sp³-hybridized carbons (Fsp3) is 0.300.